The maximum Gasteiger partial charge on any atom is 0.214 e. The minimum atomic E-state index is -3.09. The molecule has 2 atom stereocenters. The zero-order chi connectivity index (χ0) is 20.3. The molecule has 0 aromatic heterocycles. The second-order valence-corrected chi connectivity index (χ2v) is 10.6. The number of piperidine rings is 1. The van der Waals surface area contributed by atoms with Gasteiger partial charge in [0.05, 0.1) is 11.4 Å². The lowest BCUT2D eigenvalue weighted by Gasteiger charge is -2.59. The van der Waals surface area contributed by atoms with Crippen LogP contribution in [0.5, 0.6) is 0 Å². The summed E-state index contributed by atoms with van der Waals surface area (Å²) < 4.78 is 31.8. The third kappa shape index (κ3) is 4.77. The lowest BCUT2D eigenvalue weighted by molar-refractivity contribution is -0.176. The van der Waals surface area contributed by atoms with Crippen molar-refractivity contribution in [3.05, 3.63) is 0 Å². The highest BCUT2D eigenvalue weighted by Gasteiger charge is 2.58. The van der Waals surface area contributed by atoms with Crippen LogP contribution in [0.3, 0.4) is 0 Å². The van der Waals surface area contributed by atoms with Crippen LogP contribution < -0.4 is 10.6 Å². The fraction of sp³-hybridized carbons (Fsp3) is 0.947. The van der Waals surface area contributed by atoms with Crippen LogP contribution in [0.2, 0.25) is 0 Å². The van der Waals surface area contributed by atoms with Crippen molar-refractivity contribution in [2.24, 2.45) is 10.4 Å². The zero-order valence-corrected chi connectivity index (χ0v) is 18.7. The van der Waals surface area contributed by atoms with Crippen LogP contribution in [-0.2, 0) is 14.8 Å². The van der Waals surface area contributed by atoms with Gasteiger partial charge in [0.2, 0.25) is 10.0 Å². The van der Waals surface area contributed by atoms with Crippen molar-refractivity contribution in [3.8, 4) is 0 Å². The van der Waals surface area contributed by atoms with E-state index >= 15 is 0 Å². The molecule has 1 aliphatic heterocycles. The summed E-state index contributed by atoms with van der Waals surface area (Å²) in [5.74, 6) is 1.06. The van der Waals surface area contributed by atoms with Crippen molar-refractivity contribution in [3.63, 3.8) is 0 Å². The Kier molecular flexibility index (Phi) is 7.19. The van der Waals surface area contributed by atoms with Gasteiger partial charge in [-0.2, -0.15) is 0 Å². The summed E-state index contributed by atoms with van der Waals surface area (Å²) in [4.78, 5) is 4.60. The first-order chi connectivity index (χ1) is 12.6. The van der Waals surface area contributed by atoms with Gasteiger partial charge in [-0.3, -0.25) is 4.99 Å². The molecule has 7 nitrogen and oxygen atoms in total. The molecular weight excluding hydrogens is 364 g/mol. The van der Waals surface area contributed by atoms with E-state index in [1.807, 2.05) is 13.8 Å². The molecule has 0 spiro atoms. The fourth-order valence-electron chi connectivity index (χ4n) is 4.04. The average molecular weight is 403 g/mol. The van der Waals surface area contributed by atoms with E-state index in [1.165, 1.54) is 0 Å². The SMILES string of the molecule is CCCS(=O)(=O)N1CCC(NC(=NCC)NC2CC(C)(OC)C2(C)C)CC1. The Morgan fingerprint density at radius 3 is 2.30 bits per heavy atom. The van der Waals surface area contributed by atoms with Gasteiger partial charge in [0.25, 0.3) is 0 Å². The van der Waals surface area contributed by atoms with Gasteiger partial charge in [-0.25, -0.2) is 12.7 Å². The van der Waals surface area contributed by atoms with E-state index in [0.29, 0.717) is 32.1 Å². The van der Waals surface area contributed by atoms with Crippen LogP contribution in [-0.4, -0.2) is 68.9 Å². The van der Waals surface area contributed by atoms with Gasteiger partial charge in [0.15, 0.2) is 5.96 Å². The molecule has 2 fully saturated rings. The first-order valence-corrected chi connectivity index (χ1v) is 11.8. The first kappa shape index (κ1) is 22.4. The number of hydrogen-bond acceptors (Lipinski definition) is 4. The van der Waals surface area contributed by atoms with Gasteiger partial charge in [-0.05, 0) is 39.5 Å². The fourth-order valence-corrected chi connectivity index (χ4v) is 5.58. The second kappa shape index (κ2) is 8.66. The third-order valence-electron chi connectivity index (χ3n) is 6.56. The molecule has 0 aromatic rings. The van der Waals surface area contributed by atoms with Crippen LogP contribution in [0, 0.1) is 5.41 Å². The summed E-state index contributed by atoms with van der Waals surface area (Å²) in [5.41, 5.74) is -0.115. The Morgan fingerprint density at radius 1 is 1.19 bits per heavy atom. The van der Waals surface area contributed by atoms with Gasteiger partial charge in [-0.1, -0.05) is 20.8 Å². The largest absolute Gasteiger partial charge is 0.378 e. The minimum absolute atomic E-state index is 0.00946. The molecule has 158 valence electrons. The number of nitrogens with zero attached hydrogens (tertiary/aromatic N) is 2. The van der Waals surface area contributed by atoms with Gasteiger partial charge in [0, 0.05) is 44.2 Å². The summed E-state index contributed by atoms with van der Waals surface area (Å²) in [7, 11) is -1.32. The smallest absolute Gasteiger partial charge is 0.214 e. The minimum Gasteiger partial charge on any atom is -0.378 e. The number of methoxy groups -OCH3 is 1. The Morgan fingerprint density at radius 2 is 1.81 bits per heavy atom. The topological polar surface area (TPSA) is 83.0 Å². The first-order valence-electron chi connectivity index (χ1n) is 10.2. The number of hydrogen-bond donors (Lipinski definition) is 2. The van der Waals surface area contributed by atoms with Crippen LogP contribution in [0.15, 0.2) is 4.99 Å². The van der Waals surface area contributed by atoms with Crippen molar-refractivity contribution in [2.45, 2.75) is 78.0 Å². The molecule has 8 heteroatoms. The number of guanidine groups is 1. The monoisotopic (exact) mass is 402 g/mol. The molecule has 0 amide bonds. The van der Waals surface area contributed by atoms with Crippen molar-refractivity contribution in [1.82, 2.24) is 14.9 Å². The second-order valence-electron chi connectivity index (χ2n) is 8.51. The quantitative estimate of drug-likeness (QED) is 0.502. The molecule has 0 radical (unpaired) electrons. The van der Waals surface area contributed by atoms with Gasteiger partial charge >= 0.3 is 0 Å². The number of nitrogens with one attached hydrogen (secondary N) is 2. The summed E-state index contributed by atoms with van der Waals surface area (Å²) in [5, 5.41) is 7.09. The number of aliphatic imine (C=N–C) groups is 1. The third-order valence-corrected chi connectivity index (χ3v) is 8.63. The zero-order valence-electron chi connectivity index (χ0n) is 17.8. The van der Waals surface area contributed by atoms with E-state index in [1.54, 1.807) is 11.4 Å². The predicted molar refractivity (Wildman–Crippen MR) is 111 cm³/mol. The molecule has 2 rings (SSSR count). The van der Waals surface area contributed by atoms with E-state index < -0.39 is 10.0 Å². The normalized spacial score (nSPS) is 30.0. The molecule has 0 bridgehead atoms. The number of rotatable bonds is 7. The number of ether oxygens (including phenoxy) is 1. The highest BCUT2D eigenvalue weighted by atomic mass is 32.2. The van der Waals surface area contributed by atoms with E-state index in [0.717, 1.165) is 25.2 Å². The molecule has 27 heavy (non-hydrogen) atoms. The van der Waals surface area contributed by atoms with Crippen LogP contribution in [0.1, 0.15) is 60.3 Å². The van der Waals surface area contributed by atoms with Crippen LogP contribution >= 0.6 is 0 Å². The van der Waals surface area contributed by atoms with E-state index in [2.05, 4.69) is 36.4 Å². The van der Waals surface area contributed by atoms with E-state index in [4.69, 9.17) is 4.74 Å². The molecule has 0 aromatic carbocycles. The lowest BCUT2D eigenvalue weighted by Crippen LogP contribution is -2.70. The predicted octanol–water partition coefficient (Wildman–Crippen LogP) is 1.95. The standard InChI is InChI=1S/C19H38N4O3S/c1-7-13-27(24,25)23-11-9-15(10-12-23)21-17(20-8-2)22-16-14-19(5,26-6)18(16,3)4/h15-16H,7-14H2,1-6H3,(H2,20,21,22). The van der Waals surface area contributed by atoms with Crippen molar-refractivity contribution in [1.29, 1.82) is 0 Å². The molecular formula is C19H38N4O3S. The Balaban J connectivity index is 1.91. The lowest BCUT2D eigenvalue weighted by atomic mass is 9.56. The van der Waals surface area contributed by atoms with E-state index in [9.17, 15) is 8.42 Å². The van der Waals surface area contributed by atoms with Crippen molar-refractivity contribution >= 4 is 16.0 Å². The summed E-state index contributed by atoms with van der Waals surface area (Å²) in [6.45, 7) is 12.4. The molecule has 2 N–H and O–H groups in total. The highest BCUT2D eigenvalue weighted by Crippen LogP contribution is 2.51. The summed E-state index contributed by atoms with van der Waals surface area (Å²) in [6.07, 6.45) is 3.21. The Labute approximate surface area is 165 Å². The molecule has 2 unspecified atom stereocenters. The Hall–Kier alpha value is -0.860. The highest BCUT2D eigenvalue weighted by molar-refractivity contribution is 7.89. The maximum absolute atomic E-state index is 12.2. The summed E-state index contributed by atoms with van der Waals surface area (Å²) >= 11 is 0. The molecule has 1 saturated heterocycles. The van der Waals surface area contributed by atoms with Crippen molar-refractivity contribution in [2.75, 3.05) is 32.5 Å². The van der Waals surface area contributed by atoms with E-state index in [-0.39, 0.29) is 22.8 Å². The van der Waals surface area contributed by atoms with Gasteiger partial charge in [-0.15, -0.1) is 0 Å². The van der Waals surface area contributed by atoms with Crippen molar-refractivity contribution < 1.29 is 13.2 Å². The molecule has 1 saturated carbocycles. The van der Waals surface area contributed by atoms with Gasteiger partial charge < -0.3 is 15.4 Å². The molecule has 1 aliphatic carbocycles. The summed E-state index contributed by atoms with van der Waals surface area (Å²) in [6, 6.07) is 0.540. The van der Waals surface area contributed by atoms with Crippen LogP contribution in [0.4, 0.5) is 0 Å². The molecule has 1 heterocycles. The maximum atomic E-state index is 12.2. The number of sulfonamides is 1. The van der Waals surface area contributed by atoms with Crippen LogP contribution in [0.25, 0.3) is 0 Å². The Bertz CT molecular complexity index is 627. The van der Waals surface area contributed by atoms with Gasteiger partial charge in [0.1, 0.15) is 0 Å². The average Bonchev–Trinajstić information content (AvgIpc) is 2.61. The molecule has 2 aliphatic rings.